The van der Waals surface area contributed by atoms with E-state index in [2.05, 4.69) is 47.8 Å². The lowest BCUT2D eigenvalue weighted by Gasteiger charge is -2.38. The highest BCUT2D eigenvalue weighted by Gasteiger charge is 2.29. The normalized spacial score (nSPS) is 14.5. The number of rotatable bonds is 6. The van der Waals surface area contributed by atoms with Gasteiger partial charge in [-0.25, -0.2) is 4.98 Å². The van der Waals surface area contributed by atoms with Crippen LogP contribution >= 0.6 is 22.6 Å². The number of H-pyrrole nitrogens is 1. The molecule has 0 spiro atoms. The van der Waals surface area contributed by atoms with Crippen LogP contribution in [0.2, 0.25) is 0 Å². The average molecular weight is 519 g/mol. The Morgan fingerprint density at radius 3 is 2.80 bits per heavy atom. The van der Waals surface area contributed by atoms with Crippen molar-refractivity contribution in [2.24, 2.45) is 0 Å². The number of nitrogens with zero attached hydrogens (tertiary/aromatic N) is 3. The van der Waals surface area contributed by atoms with Gasteiger partial charge in [0.25, 0.3) is 11.5 Å². The number of hydrogen-bond donors (Lipinski definition) is 2. The van der Waals surface area contributed by atoms with E-state index in [4.69, 9.17) is 4.74 Å². The van der Waals surface area contributed by atoms with Gasteiger partial charge in [-0.3, -0.25) is 19.5 Å². The minimum absolute atomic E-state index is 0.0490. The summed E-state index contributed by atoms with van der Waals surface area (Å²) in [4.78, 5) is 37.7. The van der Waals surface area contributed by atoms with Crippen LogP contribution in [0.25, 0.3) is 11.0 Å². The van der Waals surface area contributed by atoms with E-state index in [1.807, 2.05) is 31.3 Å². The SMILES string of the molecule is CCc1cc2ncc(CN3CC(Oc4cnc(C(=O)NC)c(I)c4)C3)cc2[nH]c1=O. The van der Waals surface area contributed by atoms with Crippen LogP contribution in [0.3, 0.4) is 0 Å². The summed E-state index contributed by atoms with van der Waals surface area (Å²) in [7, 11) is 1.58. The molecule has 0 radical (unpaired) electrons. The number of fused-ring (bicyclic) bond motifs is 1. The monoisotopic (exact) mass is 519 g/mol. The van der Waals surface area contributed by atoms with Gasteiger partial charge in [0.1, 0.15) is 17.5 Å². The van der Waals surface area contributed by atoms with Crippen molar-refractivity contribution >= 4 is 39.5 Å². The molecule has 0 aromatic carbocycles. The van der Waals surface area contributed by atoms with E-state index in [-0.39, 0.29) is 17.6 Å². The first kappa shape index (κ1) is 20.7. The second-order valence-corrected chi connectivity index (χ2v) is 8.43. The average Bonchev–Trinajstić information content (AvgIpc) is 2.71. The third kappa shape index (κ3) is 4.31. The number of amides is 1. The van der Waals surface area contributed by atoms with Crippen molar-refractivity contribution < 1.29 is 9.53 Å². The third-order valence-corrected chi connectivity index (χ3v) is 5.92. The van der Waals surface area contributed by atoms with E-state index in [1.165, 1.54) is 0 Å². The predicted molar refractivity (Wildman–Crippen MR) is 122 cm³/mol. The zero-order valence-corrected chi connectivity index (χ0v) is 18.9. The number of nitrogens with one attached hydrogen (secondary N) is 2. The number of pyridine rings is 3. The molecule has 1 amide bonds. The molecule has 30 heavy (non-hydrogen) atoms. The molecular formula is C21H22IN5O3. The fraction of sp³-hybridized carbons (Fsp3) is 0.333. The van der Waals surface area contributed by atoms with Crippen molar-refractivity contribution in [3.8, 4) is 5.75 Å². The van der Waals surface area contributed by atoms with Crippen LogP contribution in [0.5, 0.6) is 5.75 Å². The Balaban J connectivity index is 1.35. The van der Waals surface area contributed by atoms with Crippen LogP contribution in [0, 0.1) is 3.57 Å². The molecule has 1 fully saturated rings. The van der Waals surface area contributed by atoms with Crippen molar-refractivity contribution in [3.05, 3.63) is 61.3 Å². The number of ether oxygens (including phenoxy) is 1. The second-order valence-electron chi connectivity index (χ2n) is 7.27. The Kier molecular flexibility index (Phi) is 6.00. The lowest BCUT2D eigenvalue weighted by Crippen LogP contribution is -2.53. The van der Waals surface area contributed by atoms with Gasteiger partial charge in [0.2, 0.25) is 0 Å². The van der Waals surface area contributed by atoms with Gasteiger partial charge in [0.15, 0.2) is 0 Å². The summed E-state index contributed by atoms with van der Waals surface area (Å²) in [6.45, 7) is 4.28. The van der Waals surface area contributed by atoms with Crippen LogP contribution in [-0.2, 0) is 13.0 Å². The number of carbonyl (C=O) groups excluding carboxylic acids is 1. The number of hydrogen-bond acceptors (Lipinski definition) is 6. The minimum Gasteiger partial charge on any atom is -0.486 e. The van der Waals surface area contributed by atoms with Crippen molar-refractivity contribution in [2.75, 3.05) is 20.1 Å². The number of likely N-dealkylation sites (tertiary alicyclic amines) is 1. The van der Waals surface area contributed by atoms with Gasteiger partial charge in [-0.15, -0.1) is 0 Å². The van der Waals surface area contributed by atoms with E-state index >= 15 is 0 Å². The summed E-state index contributed by atoms with van der Waals surface area (Å²) in [6, 6.07) is 5.67. The molecule has 4 rings (SSSR count). The maximum absolute atomic E-state index is 12.0. The van der Waals surface area contributed by atoms with Gasteiger partial charge in [-0.2, -0.15) is 0 Å². The number of aromatic nitrogens is 3. The van der Waals surface area contributed by atoms with Gasteiger partial charge >= 0.3 is 0 Å². The van der Waals surface area contributed by atoms with Crippen molar-refractivity contribution in [1.82, 2.24) is 25.2 Å². The molecule has 8 nitrogen and oxygen atoms in total. The Hall–Kier alpha value is -2.53. The molecule has 4 heterocycles. The maximum Gasteiger partial charge on any atom is 0.270 e. The summed E-state index contributed by atoms with van der Waals surface area (Å²) in [6.07, 6.45) is 4.21. The van der Waals surface area contributed by atoms with Gasteiger partial charge in [-0.05, 0) is 52.8 Å². The van der Waals surface area contributed by atoms with Crippen LogP contribution in [-0.4, -0.2) is 52.0 Å². The molecule has 1 aliphatic heterocycles. The fourth-order valence-corrected chi connectivity index (χ4v) is 4.15. The lowest BCUT2D eigenvalue weighted by molar-refractivity contribution is 0.0143. The number of carbonyl (C=O) groups is 1. The maximum atomic E-state index is 12.0. The number of aromatic amines is 1. The van der Waals surface area contributed by atoms with Crippen molar-refractivity contribution in [1.29, 1.82) is 0 Å². The third-order valence-electron chi connectivity index (χ3n) is 5.10. The smallest absolute Gasteiger partial charge is 0.270 e. The van der Waals surface area contributed by atoms with E-state index in [1.54, 1.807) is 13.2 Å². The molecule has 1 aliphatic rings. The summed E-state index contributed by atoms with van der Waals surface area (Å²) < 4.78 is 6.73. The topological polar surface area (TPSA) is 100 Å². The first-order valence-corrected chi connectivity index (χ1v) is 10.8. The Morgan fingerprint density at radius 2 is 2.10 bits per heavy atom. The molecular weight excluding hydrogens is 497 g/mol. The van der Waals surface area contributed by atoms with E-state index < -0.39 is 0 Å². The van der Waals surface area contributed by atoms with Crippen LogP contribution in [0.4, 0.5) is 0 Å². The van der Waals surface area contributed by atoms with Crippen LogP contribution in [0.1, 0.15) is 28.5 Å². The number of halogens is 1. The van der Waals surface area contributed by atoms with Crippen LogP contribution < -0.4 is 15.6 Å². The first-order chi connectivity index (χ1) is 14.5. The fourth-order valence-electron chi connectivity index (χ4n) is 3.46. The standard InChI is InChI=1S/C21H22IN5O3/c1-3-13-5-17-18(26-20(13)28)4-12(7-24-17)9-27-10-15(11-27)30-14-6-16(22)19(25-8-14)21(29)23-2/h4-8,15H,3,9-11H2,1-2H3,(H,23,29)(H,26,28). The second kappa shape index (κ2) is 8.68. The molecule has 9 heteroatoms. The highest BCUT2D eigenvalue weighted by atomic mass is 127. The summed E-state index contributed by atoms with van der Waals surface area (Å²) in [5, 5.41) is 2.57. The molecule has 1 saturated heterocycles. The molecule has 3 aromatic rings. The molecule has 2 N–H and O–H groups in total. The lowest BCUT2D eigenvalue weighted by atomic mass is 10.1. The quantitative estimate of drug-likeness (QED) is 0.484. The van der Waals surface area contributed by atoms with Gasteiger partial charge < -0.3 is 15.0 Å². The molecule has 156 valence electrons. The highest BCUT2D eigenvalue weighted by molar-refractivity contribution is 14.1. The Bertz CT molecular complexity index is 1160. The molecule has 3 aromatic heterocycles. The first-order valence-electron chi connectivity index (χ1n) is 9.74. The van der Waals surface area contributed by atoms with Crippen molar-refractivity contribution in [3.63, 3.8) is 0 Å². The largest absolute Gasteiger partial charge is 0.486 e. The predicted octanol–water partition coefficient (Wildman–Crippen LogP) is 2.11. The molecule has 0 bridgehead atoms. The Morgan fingerprint density at radius 1 is 1.30 bits per heavy atom. The highest BCUT2D eigenvalue weighted by Crippen LogP contribution is 2.23. The molecule has 0 saturated carbocycles. The zero-order valence-electron chi connectivity index (χ0n) is 16.7. The molecule has 0 aliphatic carbocycles. The van der Waals surface area contributed by atoms with E-state index in [0.717, 1.165) is 45.4 Å². The number of aryl methyl sites for hydroxylation is 1. The van der Waals surface area contributed by atoms with Crippen LogP contribution in [0.15, 0.2) is 35.4 Å². The summed E-state index contributed by atoms with van der Waals surface area (Å²) in [5.41, 5.74) is 3.72. The molecule has 0 unspecified atom stereocenters. The van der Waals surface area contributed by atoms with E-state index in [0.29, 0.717) is 17.9 Å². The van der Waals surface area contributed by atoms with Crippen molar-refractivity contribution in [2.45, 2.75) is 26.0 Å². The summed E-state index contributed by atoms with van der Waals surface area (Å²) >= 11 is 2.09. The minimum atomic E-state index is -0.211. The molecule has 0 atom stereocenters. The Labute approximate surface area is 187 Å². The summed E-state index contributed by atoms with van der Waals surface area (Å²) in [5.74, 6) is 0.449. The van der Waals surface area contributed by atoms with E-state index in [9.17, 15) is 9.59 Å². The van der Waals surface area contributed by atoms with Gasteiger partial charge in [-0.1, -0.05) is 6.92 Å². The van der Waals surface area contributed by atoms with Gasteiger partial charge in [0, 0.05) is 42.0 Å². The van der Waals surface area contributed by atoms with Gasteiger partial charge in [0.05, 0.1) is 17.2 Å². The zero-order chi connectivity index (χ0) is 21.3.